The lowest BCUT2D eigenvalue weighted by atomic mass is 10.1. The summed E-state index contributed by atoms with van der Waals surface area (Å²) < 4.78 is 30.1. The molecule has 0 unspecified atom stereocenters. The molecule has 0 amide bonds. The van der Waals surface area contributed by atoms with Crippen LogP contribution in [-0.4, -0.2) is 50.2 Å². The maximum atomic E-state index is 13.6. The molecule has 3 rings (SSSR count). The molecule has 0 aliphatic carbocycles. The molecule has 0 saturated carbocycles. The SMILES string of the molecule is C[C@@H]1CN(S(=O)(=O)N(Cc2ccc(C(=O)CN)cc2)c2ccccc2)C[C@H](C)N1. The van der Waals surface area contributed by atoms with Crippen molar-refractivity contribution < 1.29 is 13.2 Å². The third kappa shape index (κ3) is 5.02. The number of rotatable bonds is 7. The van der Waals surface area contributed by atoms with Crippen LogP contribution in [0.1, 0.15) is 29.8 Å². The number of ketones is 1. The molecule has 1 saturated heterocycles. The van der Waals surface area contributed by atoms with Gasteiger partial charge in [-0.1, -0.05) is 42.5 Å². The maximum Gasteiger partial charge on any atom is 0.304 e. The predicted octanol–water partition coefficient (Wildman–Crippen LogP) is 1.76. The second kappa shape index (κ2) is 9.04. The van der Waals surface area contributed by atoms with Crippen LogP contribution >= 0.6 is 0 Å². The highest BCUT2D eigenvalue weighted by molar-refractivity contribution is 7.90. The molecule has 29 heavy (non-hydrogen) atoms. The number of para-hydroxylation sites is 1. The fourth-order valence-corrected chi connectivity index (χ4v) is 5.39. The van der Waals surface area contributed by atoms with Gasteiger partial charge in [0.25, 0.3) is 0 Å². The molecule has 156 valence electrons. The molecule has 1 fully saturated rings. The first-order valence-corrected chi connectivity index (χ1v) is 11.1. The molecule has 2 aromatic carbocycles. The largest absolute Gasteiger partial charge is 0.324 e. The number of hydrogen-bond acceptors (Lipinski definition) is 5. The molecule has 1 aliphatic heterocycles. The van der Waals surface area contributed by atoms with Crippen LogP contribution in [0.2, 0.25) is 0 Å². The second-order valence-electron chi connectivity index (χ2n) is 7.46. The minimum Gasteiger partial charge on any atom is -0.324 e. The van der Waals surface area contributed by atoms with Gasteiger partial charge in [-0.15, -0.1) is 0 Å². The van der Waals surface area contributed by atoms with Gasteiger partial charge in [0.1, 0.15) is 0 Å². The zero-order chi connectivity index (χ0) is 21.0. The van der Waals surface area contributed by atoms with Crippen LogP contribution in [0.5, 0.6) is 0 Å². The number of Topliss-reactive ketones (excluding diaryl/α,β-unsaturated/α-hetero) is 1. The van der Waals surface area contributed by atoms with E-state index in [1.165, 1.54) is 8.61 Å². The van der Waals surface area contributed by atoms with E-state index in [4.69, 9.17) is 5.73 Å². The monoisotopic (exact) mass is 416 g/mol. The van der Waals surface area contributed by atoms with E-state index in [0.717, 1.165) is 5.56 Å². The molecule has 0 bridgehead atoms. The summed E-state index contributed by atoms with van der Waals surface area (Å²) in [6.45, 7) is 4.93. The molecule has 1 heterocycles. The minimum atomic E-state index is -3.73. The van der Waals surface area contributed by atoms with Gasteiger partial charge in [-0.05, 0) is 31.5 Å². The third-order valence-corrected chi connectivity index (χ3v) is 6.81. The predicted molar refractivity (Wildman–Crippen MR) is 115 cm³/mol. The highest BCUT2D eigenvalue weighted by atomic mass is 32.2. The Morgan fingerprint density at radius 1 is 1.07 bits per heavy atom. The van der Waals surface area contributed by atoms with Gasteiger partial charge in [0, 0.05) is 30.7 Å². The van der Waals surface area contributed by atoms with Crippen LogP contribution in [0, 0.1) is 0 Å². The van der Waals surface area contributed by atoms with Crippen molar-refractivity contribution in [1.82, 2.24) is 9.62 Å². The lowest BCUT2D eigenvalue weighted by molar-refractivity contribution is 0.100. The number of hydrogen-bond donors (Lipinski definition) is 2. The zero-order valence-corrected chi connectivity index (χ0v) is 17.6. The lowest BCUT2D eigenvalue weighted by Gasteiger charge is -2.38. The van der Waals surface area contributed by atoms with Gasteiger partial charge < -0.3 is 11.1 Å². The molecule has 0 aromatic heterocycles. The summed E-state index contributed by atoms with van der Waals surface area (Å²) in [6.07, 6.45) is 0. The van der Waals surface area contributed by atoms with E-state index in [-0.39, 0.29) is 31.0 Å². The van der Waals surface area contributed by atoms with Crippen LogP contribution in [-0.2, 0) is 16.8 Å². The van der Waals surface area contributed by atoms with Crippen LogP contribution in [0.3, 0.4) is 0 Å². The molecule has 1 aliphatic rings. The van der Waals surface area contributed by atoms with Gasteiger partial charge in [-0.2, -0.15) is 12.7 Å². The first kappa shape index (κ1) is 21.4. The molecule has 2 atom stereocenters. The number of benzene rings is 2. The summed E-state index contributed by atoms with van der Waals surface area (Å²) in [4.78, 5) is 11.8. The van der Waals surface area contributed by atoms with Crippen molar-refractivity contribution in [3.05, 3.63) is 65.7 Å². The van der Waals surface area contributed by atoms with Gasteiger partial charge in [0.15, 0.2) is 5.78 Å². The third-order valence-electron chi connectivity index (χ3n) is 4.96. The Labute approximate surface area is 172 Å². The van der Waals surface area contributed by atoms with Crippen molar-refractivity contribution in [2.24, 2.45) is 5.73 Å². The average molecular weight is 417 g/mol. The molecule has 2 aromatic rings. The molecule has 3 N–H and O–H groups in total. The highest BCUT2D eigenvalue weighted by Gasteiger charge is 2.35. The van der Waals surface area contributed by atoms with E-state index in [1.807, 2.05) is 32.0 Å². The normalized spacial score (nSPS) is 20.4. The Morgan fingerprint density at radius 3 is 2.21 bits per heavy atom. The second-order valence-corrected chi connectivity index (χ2v) is 9.31. The van der Waals surface area contributed by atoms with Crippen LogP contribution in [0.4, 0.5) is 5.69 Å². The molecular weight excluding hydrogens is 388 g/mol. The van der Waals surface area contributed by atoms with Gasteiger partial charge in [-0.25, -0.2) is 0 Å². The fourth-order valence-electron chi connectivity index (χ4n) is 3.58. The first-order chi connectivity index (χ1) is 13.8. The van der Waals surface area contributed by atoms with E-state index in [2.05, 4.69) is 5.32 Å². The number of carbonyl (C=O) groups excluding carboxylic acids is 1. The quantitative estimate of drug-likeness (QED) is 0.671. The van der Waals surface area contributed by atoms with E-state index in [9.17, 15) is 13.2 Å². The standard InChI is InChI=1S/C21H28N4O3S/c1-16-13-24(14-17(2)23-16)29(27,28)25(20-6-4-3-5-7-20)15-18-8-10-19(11-9-18)21(26)12-22/h3-11,16-17,23H,12-15,22H2,1-2H3/t16-,17+. The first-order valence-electron chi connectivity index (χ1n) is 9.72. The Bertz CT molecular complexity index is 922. The zero-order valence-electron chi connectivity index (χ0n) is 16.8. The van der Waals surface area contributed by atoms with E-state index in [0.29, 0.717) is 24.3 Å². The number of nitrogens with zero attached hydrogens (tertiary/aromatic N) is 2. The van der Waals surface area contributed by atoms with Crippen LogP contribution in [0.25, 0.3) is 0 Å². The van der Waals surface area contributed by atoms with Crippen molar-refractivity contribution in [3.63, 3.8) is 0 Å². The minimum absolute atomic E-state index is 0.0524. The Hall–Kier alpha value is -2.26. The smallest absolute Gasteiger partial charge is 0.304 e. The molecule has 0 spiro atoms. The van der Waals surface area contributed by atoms with E-state index < -0.39 is 10.2 Å². The summed E-state index contributed by atoms with van der Waals surface area (Å²) >= 11 is 0. The fraction of sp³-hybridized carbons (Fsp3) is 0.381. The number of anilines is 1. The van der Waals surface area contributed by atoms with Crippen molar-refractivity contribution >= 4 is 21.7 Å². The topological polar surface area (TPSA) is 95.7 Å². The molecule has 8 heteroatoms. The number of piperazine rings is 1. The molecular formula is C21H28N4O3S. The Balaban J connectivity index is 1.92. The van der Waals surface area contributed by atoms with E-state index >= 15 is 0 Å². The van der Waals surface area contributed by atoms with Crippen molar-refractivity contribution in [1.29, 1.82) is 0 Å². The number of nitrogens with two attached hydrogens (primary N) is 1. The summed E-state index contributed by atoms with van der Waals surface area (Å²) in [5, 5.41) is 3.37. The van der Waals surface area contributed by atoms with Crippen LogP contribution in [0.15, 0.2) is 54.6 Å². The molecule has 0 radical (unpaired) electrons. The Morgan fingerprint density at radius 2 is 1.66 bits per heavy atom. The summed E-state index contributed by atoms with van der Waals surface area (Å²) in [6, 6.07) is 16.2. The van der Waals surface area contributed by atoms with Gasteiger partial charge >= 0.3 is 10.2 Å². The maximum absolute atomic E-state index is 13.6. The van der Waals surface area contributed by atoms with Gasteiger partial charge in [-0.3, -0.25) is 9.10 Å². The summed E-state index contributed by atoms with van der Waals surface area (Å²) in [5.74, 6) is -0.145. The van der Waals surface area contributed by atoms with Crippen LogP contribution < -0.4 is 15.4 Å². The molecule has 7 nitrogen and oxygen atoms in total. The Kier molecular flexibility index (Phi) is 6.69. The van der Waals surface area contributed by atoms with E-state index in [1.54, 1.807) is 36.4 Å². The van der Waals surface area contributed by atoms with Crippen molar-refractivity contribution in [2.45, 2.75) is 32.5 Å². The number of carbonyl (C=O) groups is 1. The van der Waals surface area contributed by atoms with Crippen molar-refractivity contribution in [3.8, 4) is 0 Å². The highest BCUT2D eigenvalue weighted by Crippen LogP contribution is 2.24. The van der Waals surface area contributed by atoms with Gasteiger partial charge in [0.05, 0.1) is 18.8 Å². The average Bonchev–Trinajstić information content (AvgIpc) is 2.71. The number of nitrogens with one attached hydrogen (secondary N) is 1. The lowest BCUT2D eigenvalue weighted by Crippen LogP contribution is -2.58. The summed E-state index contributed by atoms with van der Waals surface area (Å²) in [7, 11) is -3.73. The van der Waals surface area contributed by atoms with Gasteiger partial charge in [0.2, 0.25) is 0 Å². The summed E-state index contributed by atoms with van der Waals surface area (Å²) in [5.41, 5.74) is 7.34. The van der Waals surface area contributed by atoms with Crippen molar-refractivity contribution in [2.75, 3.05) is 23.9 Å².